The molecule has 26 heavy (non-hydrogen) atoms. The molecule has 2 rings (SSSR count). The quantitative estimate of drug-likeness (QED) is 0.314. The standard InChI is InChI=1S/C19H35N5S.HI/c1-5-17-14-22-18(25-17)8-9-21-19(20-4)23-13-16(12-15(2)3)24-10-6-7-11-24;/h14-16H,5-13H2,1-4H3,(H2,20,21,23);1H. The number of thiazole rings is 1. The lowest BCUT2D eigenvalue weighted by Crippen LogP contribution is -2.47. The Kier molecular flexibility index (Phi) is 11.7. The van der Waals surface area contributed by atoms with Gasteiger partial charge in [0.2, 0.25) is 0 Å². The first-order chi connectivity index (χ1) is 12.1. The fraction of sp³-hybridized carbons (Fsp3) is 0.789. The van der Waals surface area contributed by atoms with Crippen LogP contribution < -0.4 is 10.6 Å². The lowest BCUT2D eigenvalue weighted by atomic mass is 10.0. The third kappa shape index (κ3) is 8.08. The Hall–Kier alpha value is -0.410. The molecule has 150 valence electrons. The second kappa shape index (κ2) is 12.9. The number of hydrogen-bond donors (Lipinski definition) is 2. The Morgan fingerprint density at radius 1 is 1.31 bits per heavy atom. The zero-order chi connectivity index (χ0) is 18.1. The van der Waals surface area contributed by atoms with Gasteiger partial charge in [-0.3, -0.25) is 9.89 Å². The van der Waals surface area contributed by atoms with Crippen LogP contribution >= 0.6 is 35.3 Å². The lowest BCUT2D eigenvalue weighted by molar-refractivity contribution is 0.213. The monoisotopic (exact) mass is 493 g/mol. The van der Waals surface area contributed by atoms with E-state index in [4.69, 9.17) is 0 Å². The van der Waals surface area contributed by atoms with Crippen LogP contribution in [-0.4, -0.2) is 55.1 Å². The van der Waals surface area contributed by atoms with Crippen molar-refractivity contribution in [1.29, 1.82) is 0 Å². The van der Waals surface area contributed by atoms with E-state index in [9.17, 15) is 0 Å². The third-order valence-corrected chi connectivity index (χ3v) is 5.91. The van der Waals surface area contributed by atoms with Crippen molar-refractivity contribution in [3.05, 3.63) is 16.1 Å². The van der Waals surface area contributed by atoms with E-state index >= 15 is 0 Å². The number of halogens is 1. The topological polar surface area (TPSA) is 52.6 Å². The summed E-state index contributed by atoms with van der Waals surface area (Å²) in [6, 6.07) is 0.604. The summed E-state index contributed by atoms with van der Waals surface area (Å²) in [6.07, 6.45) is 7.95. The fourth-order valence-corrected chi connectivity index (χ4v) is 4.22. The van der Waals surface area contributed by atoms with Crippen LogP contribution in [0.3, 0.4) is 0 Å². The highest BCUT2D eigenvalue weighted by molar-refractivity contribution is 14.0. The Morgan fingerprint density at radius 3 is 2.62 bits per heavy atom. The maximum atomic E-state index is 4.48. The van der Waals surface area contributed by atoms with Gasteiger partial charge in [0, 0.05) is 43.7 Å². The van der Waals surface area contributed by atoms with Crippen molar-refractivity contribution in [2.75, 3.05) is 33.2 Å². The van der Waals surface area contributed by atoms with Gasteiger partial charge in [0.25, 0.3) is 0 Å². The average molecular weight is 494 g/mol. The number of hydrogen-bond acceptors (Lipinski definition) is 4. The molecule has 0 aromatic carbocycles. The molecular weight excluding hydrogens is 457 g/mol. The second-order valence-electron chi connectivity index (χ2n) is 7.23. The molecule has 0 radical (unpaired) electrons. The van der Waals surface area contributed by atoms with Gasteiger partial charge >= 0.3 is 0 Å². The molecule has 0 bridgehead atoms. The van der Waals surface area contributed by atoms with Crippen molar-refractivity contribution in [3.8, 4) is 0 Å². The van der Waals surface area contributed by atoms with Crippen molar-refractivity contribution in [2.24, 2.45) is 10.9 Å². The summed E-state index contributed by atoms with van der Waals surface area (Å²) in [4.78, 5) is 12.9. The minimum atomic E-state index is 0. The van der Waals surface area contributed by atoms with Crippen LogP contribution in [0.25, 0.3) is 0 Å². The molecule has 0 aliphatic carbocycles. The van der Waals surface area contributed by atoms with Crippen molar-refractivity contribution >= 4 is 41.3 Å². The molecule has 0 spiro atoms. The molecule has 5 nitrogen and oxygen atoms in total. The SMILES string of the molecule is CCc1cnc(CCNC(=NC)NCC(CC(C)C)N2CCCC2)s1.I. The van der Waals surface area contributed by atoms with E-state index in [1.807, 2.05) is 24.6 Å². The van der Waals surface area contributed by atoms with E-state index in [2.05, 4.69) is 46.3 Å². The summed E-state index contributed by atoms with van der Waals surface area (Å²) < 4.78 is 0. The van der Waals surface area contributed by atoms with E-state index in [0.717, 1.165) is 37.8 Å². The minimum Gasteiger partial charge on any atom is -0.356 e. The van der Waals surface area contributed by atoms with Crippen molar-refractivity contribution in [2.45, 2.75) is 58.9 Å². The maximum absolute atomic E-state index is 4.48. The Labute approximate surface area is 180 Å². The molecular formula is C19H36IN5S. The van der Waals surface area contributed by atoms with Crippen LogP contribution in [0.1, 0.15) is 49.9 Å². The van der Waals surface area contributed by atoms with E-state index in [1.54, 1.807) is 0 Å². The third-order valence-electron chi connectivity index (χ3n) is 4.71. The first-order valence-corrected chi connectivity index (χ1v) is 10.6. The molecule has 1 aliphatic rings. The summed E-state index contributed by atoms with van der Waals surface area (Å²) >= 11 is 1.82. The van der Waals surface area contributed by atoms with Gasteiger partial charge in [0.05, 0.1) is 5.01 Å². The molecule has 2 N–H and O–H groups in total. The number of nitrogens with zero attached hydrogens (tertiary/aromatic N) is 3. The van der Waals surface area contributed by atoms with Crippen LogP contribution in [0.4, 0.5) is 0 Å². The number of aromatic nitrogens is 1. The first kappa shape index (κ1) is 23.6. The largest absolute Gasteiger partial charge is 0.356 e. The number of aliphatic imine (C=N–C) groups is 1. The highest BCUT2D eigenvalue weighted by Gasteiger charge is 2.22. The second-order valence-corrected chi connectivity index (χ2v) is 8.43. The Morgan fingerprint density at radius 2 is 2.04 bits per heavy atom. The molecule has 1 aromatic heterocycles. The van der Waals surface area contributed by atoms with Gasteiger partial charge < -0.3 is 10.6 Å². The predicted molar refractivity (Wildman–Crippen MR) is 124 cm³/mol. The molecule has 1 saturated heterocycles. The van der Waals surface area contributed by atoms with Gasteiger partial charge in [-0.2, -0.15) is 0 Å². The summed E-state index contributed by atoms with van der Waals surface area (Å²) in [5, 5.41) is 8.17. The van der Waals surface area contributed by atoms with Crippen LogP contribution in [0.5, 0.6) is 0 Å². The average Bonchev–Trinajstić information content (AvgIpc) is 3.27. The zero-order valence-corrected chi connectivity index (χ0v) is 19.9. The van der Waals surface area contributed by atoms with Gasteiger partial charge in [0.15, 0.2) is 5.96 Å². The Balaban J connectivity index is 0.00000338. The molecule has 2 heterocycles. The number of aryl methyl sites for hydroxylation is 1. The van der Waals surface area contributed by atoms with Crippen LogP contribution in [-0.2, 0) is 12.8 Å². The highest BCUT2D eigenvalue weighted by Crippen LogP contribution is 2.17. The highest BCUT2D eigenvalue weighted by atomic mass is 127. The summed E-state index contributed by atoms with van der Waals surface area (Å²) in [5.74, 6) is 1.63. The summed E-state index contributed by atoms with van der Waals surface area (Å²) in [7, 11) is 1.85. The molecule has 0 amide bonds. The van der Waals surface area contributed by atoms with Gasteiger partial charge in [-0.1, -0.05) is 20.8 Å². The number of guanidine groups is 1. The van der Waals surface area contributed by atoms with Gasteiger partial charge in [-0.15, -0.1) is 35.3 Å². The van der Waals surface area contributed by atoms with E-state index in [0.29, 0.717) is 6.04 Å². The molecule has 7 heteroatoms. The number of likely N-dealkylation sites (tertiary alicyclic amines) is 1. The number of nitrogens with one attached hydrogen (secondary N) is 2. The van der Waals surface area contributed by atoms with Gasteiger partial charge in [-0.25, -0.2) is 4.98 Å². The molecule has 1 atom stereocenters. The van der Waals surface area contributed by atoms with Gasteiger partial charge in [-0.05, 0) is 44.7 Å². The van der Waals surface area contributed by atoms with Crippen molar-refractivity contribution in [1.82, 2.24) is 20.5 Å². The summed E-state index contributed by atoms with van der Waals surface area (Å²) in [5.41, 5.74) is 0. The minimum absolute atomic E-state index is 0. The van der Waals surface area contributed by atoms with E-state index in [1.165, 1.54) is 42.2 Å². The predicted octanol–water partition coefficient (Wildman–Crippen LogP) is 3.54. The number of rotatable bonds is 9. The van der Waals surface area contributed by atoms with Crippen LogP contribution in [0.15, 0.2) is 11.2 Å². The van der Waals surface area contributed by atoms with Gasteiger partial charge in [0.1, 0.15) is 0 Å². The maximum Gasteiger partial charge on any atom is 0.191 e. The van der Waals surface area contributed by atoms with Crippen molar-refractivity contribution in [3.63, 3.8) is 0 Å². The molecule has 1 aromatic rings. The van der Waals surface area contributed by atoms with Crippen LogP contribution in [0.2, 0.25) is 0 Å². The smallest absolute Gasteiger partial charge is 0.191 e. The molecule has 1 aliphatic heterocycles. The lowest BCUT2D eigenvalue weighted by Gasteiger charge is -2.29. The van der Waals surface area contributed by atoms with Crippen LogP contribution in [0, 0.1) is 5.92 Å². The van der Waals surface area contributed by atoms with Crippen molar-refractivity contribution < 1.29 is 0 Å². The molecule has 1 fully saturated rings. The molecule has 1 unspecified atom stereocenters. The molecule has 0 saturated carbocycles. The van der Waals surface area contributed by atoms with E-state index in [-0.39, 0.29) is 24.0 Å². The summed E-state index contributed by atoms with van der Waals surface area (Å²) in [6.45, 7) is 11.1. The Bertz CT molecular complexity index is 526. The zero-order valence-electron chi connectivity index (χ0n) is 16.8. The first-order valence-electron chi connectivity index (χ1n) is 9.74. The fourth-order valence-electron chi connectivity index (χ4n) is 3.36. The van der Waals surface area contributed by atoms with E-state index < -0.39 is 0 Å². The normalized spacial score (nSPS) is 16.6.